The van der Waals surface area contributed by atoms with E-state index in [4.69, 9.17) is 10.2 Å². The molecule has 1 rings (SSSR count). The van der Waals surface area contributed by atoms with Crippen LogP contribution >= 0.6 is 0 Å². The van der Waals surface area contributed by atoms with Gasteiger partial charge in [-0.2, -0.15) is 0 Å². The Morgan fingerprint density at radius 2 is 2.31 bits per heavy atom. The molecule has 0 aliphatic heterocycles. The van der Waals surface area contributed by atoms with Crippen LogP contribution in [-0.4, -0.2) is 40.9 Å². The number of nitrogens with zero attached hydrogens (tertiary/aromatic N) is 2. The van der Waals surface area contributed by atoms with Gasteiger partial charge in [0.25, 0.3) is 0 Å². The van der Waals surface area contributed by atoms with Crippen molar-refractivity contribution in [2.24, 2.45) is 0 Å². The third-order valence-corrected chi connectivity index (χ3v) is 2.32. The van der Waals surface area contributed by atoms with Gasteiger partial charge < -0.3 is 15.1 Å². The molecule has 0 amide bonds. The highest BCUT2D eigenvalue weighted by molar-refractivity contribution is 5.94. The van der Waals surface area contributed by atoms with Crippen LogP contribution in [0.5, 0.6) is 0 Å². The van der Waals surface area contributed by atoms with Crippen LogP contribution in [0, 0.1) is 0 Å². The maximum atomic E-state index is 11.0. The number of anilines is 1. The van der Waals surface area contributed by atoms with E-state index in [9.17, 15) is 4.79 Å². The van der Waals surface area contributed by atoms with Crippen molar-refractivity contribution in [3.05, 3.63) is 24.0 Å². The molecule has 5 nitrogen and oxygen atoms in total. The molecular weight excluding hydrogens is 208 g/mol. The van der Waals surface area contributed by atoms with Crippen molar-refractivity contribution in [1.29, 1.82) is 0 Å². The van der Waals surface area contributed by atoms with Crippen LogP contribution in [0.4, 0.5) is 5.69 Å². The van der Waals surface area contributed by atoms with Crippen molar-refractivity contribution < 1.29 is 15.0 Å². The van der Waals surface area contributed by atoms with Gasteiger partial charge in [-0.05, 0) is 19.4 Å². The highest BCUT2D eigenvalue weighted by Gasteiger charge is 2.13. The largest absolute Gasteiger partial charge is 0.478 e. The molecule has 1 aromatic heterocycles. The van der Waals surface area contributed by atoms with E-state index >= 15 is 0 Å². The van der Waals surface area contributed by atoms with E-state index in [0.717, 1.165) is 0 Å². The van der Waals surface area contributed by atoms with Gasteiger partial charge in [-0.1, -0.05) is 0 Å². The fourth-order valence-corrected chi connectivity index (χ4v) is 1.37. The lowest BCUT2D eigenvalue weighted by atomic mass is 10.2. The van der Waals surface area contributed by atoms with Crippen LogP contribution in [0.25, 0.3) is 0 Å². The van der Waals surface area contributed by atoms with E-state index in [0.29, 0.717) is 18.7 Å². The Bertz CT molecular complexity index is 366. The second-order valence-corrected chi connectivity index (χ2v) is 3.76. The minimum atomic E-state index is -0.971. The number of aromatic nitrogens is 1. The lowest BCUT2D eigenvalue weighted by molar-refractivity contribution is 0.0697. The average Bonchev–Trinajstić information content (AvgIpc) is 2.25. The van der Waals surface area contributed by atoms with E-state index in [1.807, 2.05) is 0 Å². The summed E-state index contributed by atoms with van der Waals surface area (Å²) in [6.45, 7) is 2.29. The normalized spacial score (nSPS) is 12.2. The third kappa shape index (κ3) is 3.20. The summed E-state index contributed by atoms with van der Waals surface area (Å²) in [4.78, 5) is 16.6. The number of aliphatic hydroxyl groups excluding tert-OH is 1. The van der Waals surface area contributed by atoms with E-state index < -0.39 is 12.1 Å². The van der Waals surface area contributed by atoms with Crippen molar-refractivity contribution in [3.8, 4) is 0 Å². The lowest BCUT2D eigenvalue weighted by Gasteiger charge is -2.21. The van der Waals surface area contributed by atoms with Crippen molar-refractivity contribution in [2.45, 2.75) is 19.4 Å². The zero-order valence-corrected chi connectivity index (χ0v) is 9.42. The van der Waals surface area contributed by atoms with E-state index in [1.54, 1.807) is 18.9 Å². The average molecular weight is 224 g/mol. The Labute approximate surface area is 94.4 Å². The number of aromatic carboxylic acids is 1. The van der Waals surface area contributed by atoms with Gasteiger partial charge in [-0.3, -0.25) is 4.98 Å². The Hall–Kier alpha value is -1.62. The molecule has 0 spiro atoms. The number of aliphatic hydroxyl groups is 1. The highest BCUT2D eigenvalue weighted by atomic mass is 16.4. The van der Waals surface area contributed by atoms with Crippen molar-refractivity contribution in [3.63, 3.8) is 0 Å². The summed E-state index contributed by atoms with van der Waals surface area (Å²) in [6, 6.07) is 1.47. The predicted molar refractivity (Wildman–Crippen MR) is 60.8 cm³/mol. The number of rotatable bonds is 5. The second kappa shape index (κ2) is 5.46. The summed E-state index contributed by atoms with van der Waals surface area (Å²) < 4.78 is 0. The van der Waals surface area contributed by atoms with Crippen molar-refractivity contribution in [1.82, 2.24) is 4.98 Å². The van der Waals surface area contributed by atoms with Crippen LogP contribution in [0.2, 0.25) is 0 Å². The van der Waals surface area contributed by atoms with E-state index in [-0.39, 0.29) is 5.56 Å². The molecule has 1 atom stereocenters. The molecule has 1 heterocycles. The van der Waals surface area contributed by atoms with Crippen LogP contribution in [0.15, 0.2) is 18.5 Å². The summed E-state index contributed by atoms with van der Waals surface area (Å²) in [5.74, 6) is -0.971. The topological polar surface area (TPSA) is 73.7 Å². The smallest absolute Gasteiger partial charge is 0.337 e. The minimum Gasteiger partial charge on any atom is -0.478 e. The molecule has 88 valence electrons. The predicted octanol–water partition coefficient (Wildman–Crippen LogP) is 0.987. The molecule has 0 aliphatic rings. The summed E-state index contributed by atoms with van der Waals surface area (Å²) in [5.41, 5.74) is 0.791. The first-order valence-electron chi connectivity index (χ1n) is 5.09. The quantitative estimate of drug-likeness (QED) is 0.780. The van der Waals surface area contributed by atoms with Gasteiger partial charge in [-0.25, -0.2) is 4.79 Å². The van der Waals surface area contributed by atoms with E-state index in [2.05, 4.69) is 4.98 Å². The van der Waals surface area contributed by atoms with E-state index in [1.165, 1.54) is 18.5 Å². The summed E-state index contributed by atoms with van der Waals surface area (Å²) in [6.07, 6.45) is 3.16. The number of pyridine rings is 1. The first-order valence-corrected chi connectivity index (χ1v) is 5.09. The van der Waals surface area contributed by atoms with Crippen molar-refractivity contribution >= 4 is 11.7 Å². The third-order valence-electron chi connectivity index (χ3n) is 2.32. The summed E-state index contributed by atoms with van der Waals surface area (Å²) >= 11 is 0. The van der Waals surface area contributed by atoms with Gasteiger partial charge in [0.15, 0.2) is 0 Å². The monoisotopic (exact) mass is 224 g/mol. The van der Waals surface area contributed by atoms with Gasteiger partial charge in [-0.15, -0.1) is 0 Å². The Morgan fingerprint density at radius 1 is 1.62 bits per heavy atom. The number of hydrogen-bond acceptors (Lipinski definition) is 4. The summed E-state index contributed by atoms with van der Waals surface area (Å²) in [5, 5.41) is 18.2. The first-order chi connectivity index (χ1) is 7.52. The van der Waals surface area contributed by atoms with Gasteiger partial charge in [0, 0.05) is 19.8 Å². The van der Waals surface area contributed by atoms with Crippen LogP contribution in [0.3, 0.4) is 0 Å². The highest BCUT2D eigenvalue weighted by Crippen LogP contribution is 2.17. The fraction of sp³-hybridized carbons (Fsp3) is 0.455. The first kappa shape index (κ1) is 12.4. The molecule has 0 aliphatic carbocycles. The standard InChI is InChI=1S/C11H16N2O3/c1-8(14)4-6-13(2)10-7-12-5-3-9(10)11(15)16/h3,5,7-8,14H,4,6H2,1-2H3,(H,15,16). The molecule has 1 unspecified atom stereocenters. The minimum absolute atomic E-state index is 0.225. The summed E-state index contributed by atoms with van der Waals surface area (Å²) in [7, 11) is 1.78. The fourth-order valence-electron chi connectivity index (χ4n) is 1.37. The van der Waals surface area contributed by atoms with Crippen molar-refractivity contribution in [2.75, 3.05) is 18.5 Å². The van der Waals surface area contributed by atoms with Gasteiger partial charge >= 0.3 is 5.97 Å². The Balaban J connectivity index is 2.82. The van der Waals surface area contributed by atoms with Crippen LogP contribution < -0.4 is 4.90 Å². The van der Waals surface area contributed by atoms with Gasteiger partial charge in [0.05, 0.1) is 23.6 Å². The molecule has 0 fully saturated rings. The molecule has 0 saturated carbocycles. The second-order valence-electron chi connectivity index (χ2n) is 3.76. The molecule has 2 N–H and O–H groups in total. The Morgan fingerprint density at radius 3 is 2.88 bits per heavy atom. The SMILES string of the molecule is CC(O)CCN(C)c1cnccc1C(=O)O. The van der Waals surface area contributed by atoms with Gasteiger partial charge in [0.1, 0.15) is 0 Å². The molecule has 0 aromatic carbocycles. The molecule has 0 saturated heterocycles. The number of hydrogen-bond donors (Lipinski definition) is 2. The zero-order valence-electron chi connectivity index (χ0n) is 9.42. The van der Waals surface area contributed by atoms with Crippen LogP contribution in [-0.2, 0) is 0 Å². The lowest BCUT2D eigenvalue weighted by Crippen LogP contribution is -2.23. The van der Waals surface area contributed by atoms with Crippen LogP contribution in [0.1, 0.15) is 23.7 Å². The number of carboxylic acids is 1. The Kier molecular flexibility index (Phi) is 4.25. The molecule has 5 heteroatoms. The van der Waals surface area contributed by atoms with Gasteiger partial charge in [0.2, 0.25) is 0 Å². The molecule has 0 bridgehead atoms. The maximum absolute atomic E-state index is 11.0. The molecule has 1 aromatic rings. The zero-order chi connectivity index (χ0) is 12.1. The molecular formula is C11H16N2O3. The maximum Gasteiger partial charge on any atom is 0.337 e. The number of carboxylic acid groups (broad SMARTS) is 1. The number of carbonyl (C=O) groups is 1. The molecule has 0 radical (unpaired) electrons. The molecule has 16 heavy (non-hydrogen) atoms.